The van der Waals surface area contributed by atoms with Crippen LogP contribution in [0.25, 0.3) is 0 Å². The van der Waals surface area contributed by atoms with Crippen molar-refractivity contribution in [3.8, 4) is 5.75 Å². The molecule has 1 aromatic rings. The molecule has 0 radical (unpaired) electrons. The Morgan fingerprint density at radius 2 is 1.92 bits per heavy atom. The van der Waals surface area contributed by atoms with E-state index in [4.69, 9.17) is 4.74 Å². The van der Waals surface area contributed by atoms with Gasteiger partial charge in [0.25, 0.3) is 0 Å². The molecule has 1 spiro atoms. The average Bonchev–Trinajstić information content (AvgIpc) is 3.04. The minimum atomic E-state index is -0.00133. The Bertz CT molecular complexity index is 629. The fourth-order valence-electron chi connectivity index (χ4n) is 4.05. The van der Waals surface area contributed by atoms with Gasteiger partial charge in [0.2, 0.25) is 0 Å². The van der Waals surface area contributed by atoms with Crippen molar-refractivity contribution in [3.05, 3.63) is 29.8 Å². The summed E-state index contributed by atoms with van der Waals surface area (Å²) in [6.07, 6.45) is 5.84. The van der Waals surface area contributed by atoms with Gasteiger partial charge in [0, 0.05) is 37.7 Å². The predicted octanol–water partition coefficient (Wildman–Crippen LogP) is 3.38. The molecule has 5 nitrogen and oxygen atoms in total. The number of fused-ring (bicyclic) bond motifs is 1. The van der Waals surface area contributed by atoms with Gasteiger partial charge in [0.05, 0.1) is 6.04 Å². The number of nitrogens with zero attached hydrogens (tertiary/aromatic N) is 1. The zero-order chi connectivity index (χ0) is 18.6. The highest BCUT2D eigenvalue weighted by Crippen LogP contribution is 2.46. The molecule has 3 rings (SSSR count). The Balaban J connectivity index is 1.65. The van der Waals surface area contributed by atoms with Crippen LogP contribution < -0.4 is 20.7 Å². The number of benzene rings is 1. The van der Waals surface area contributed by atoms with Crippen LogP contribution in [0, 0.1) is 0 Å². The van der Waals surface area contributed by atoms with Crippen molar-refractivity contribution in [2.45, 2.75) is 70.1 Å². The highest BCUT2D eigenvalue weighted by molar-refractivity contribution is 5.80. The van der Waals surface area contributed by atoms with Gasteiger partial charge in [-0.15, -0.1) is 0 Å². The van der Waals surface area contributed by atoms with Gasteiger partial charge in [-0.25, -0.2) is 0 Å². The van der Waals surface area contributed by atoms with Crippen molar-refractivity contribution < 1.29 is 4.74 Å². The summed E-state index contributed by atoms with van der Waals surface area (Å²) < 4.78 is 6.45. The van der Waals surface area contributed by atoms with Crippen LogP contribution in [-0.4, -0.2) is 37.2 Å². The van der Waals surface area contributed by atoms with Gasteiger partial charge < -0.3 is 20.7 Å². The lowest BCUT2D eigenvalue weighted by Crippen LogP contribution is -2.48. The molecular formula is C21H34N4O. The zero-order valence-electron chi connectivity index (χ0n) is 16.7. The van der Waals surface area contributed by atoms with Gasteiger partial charge in [0.1, 0.15) is 11.4 Å². The molecule has 144 valence electrons. The molecule has 1 heterocycles. The number of aliphatic imine (C=N–C) groups is 1. The van der Waals surface area contributed by atoms with E-state index < -0.39 is 0 Å². The fraction of sp³-hybridized carbons (Fsp3) is 0.667. The second kappa shape index (κ2) is 7.87. The number of hydrogen-bond donors (Lipinski definition) is 3. The average molecular weight is 359 g/mol. The van der Waals surface area contributed by atoms with E-state index in [2.05, 4.69) is 66.0 Å². The van der Waals surface area contributed by atoms with E-state index in [1.165, 1.54) is 18.4 Å². The van der Waals surface area contributed by atoms with Crippen molar-refractivity contribution in [1.82, 2.24) is 16.0 Å². The molecule has 1 unspecified atom stereocenters. The number of hydrogen-bond acceptors (Lipinski definition) is 3. The van der Waals surface area contributed by atoms with Crippen molar-refractivity contribution in [3.63, 3.8) is 0 Å². The summed E-state index contributed by atoms with van der Waals surface area (Å²) in [6.45, 7) is 8.28. The van der Waals surface area contributed by atoms with Gasteiger partial charge in [-0.2, -0.15) is 0 Å². The van der Waals surface area contributed by atoms with E-state index in [0.29, 0.717) is 0 Å². The highest BCUT2D eigenvalue weighted by Gasteiger charge is 2.43. The van der Waals surface area contributed by atoms with Crippen LogP contribution in [0.15, 0.2) is 29.3 Å². The molecule has 1 aromatic carbocycles. The van der Waals surface area contributed by atoms with Crippen molar-refractivity contribution in [2.75, 3.05) is 20.1 Å². The van der Waals surface area contributed by atoms with Gasteiger partial charge in [0.15, 0.2) is 5.96 Å². The van der Waals surface area contributed by atoms with Crippen LogP contribution in [0.1, 0.15) is 64.5 Å². The van der Waals surface area contributed by atoms with E-state index in [1.54, 1.807) is 0 Å². The van der Waals surface area contributed by atoms with E-state index >= 15 is 0 Å². The summed E-state index contributed by atoms with van der Waals surface area (Å²) in [5.41, 5.74) is 1.37. The zero-order valence-corrected chi connectivity index (χ0v) is 16.7. The Labute approximate surface area is 158 Å². The molecule has 0 aromatic heterocycles. The van der Waals surface area contributed by atoms with Gasteiger partial charge >= 0.3 is 0 Å². The molecule has 1 aliphatic heterocycles. The summed E-state index contributed by atoms with van der Waals surface area (Å²) in [5, 5.41) is 10.6. The molecule has 0 bridgehead atoms. The lowest BCUT2D eigenvalue weighted by Gasteiger charge is -2.40. The molecule has 1 fully saturated rings. The Morgan fingerprint density at radius 1 is 1.19 bits per heavy atom. The number of nitrogens with one attached hydrogen (secondary N) is 3. The first-order valence-corrected chi connectivity index (χ1v) is 9.91. The number of guanidine groups is 1. The van der Waals surface area contributed by atoms with E-state index in [1.807, 2.05) is 7.05 Å². The van der Waals surface area contributed by atoms with Crippen LogP contribution in [-0.2, 0) is 0 Å². The molecule has 1 atom stereocenters. The largest absolute Gasteiger partial charge is 0.487 e. The molecular weight excluding hydrogens is 324 g/mol. The molecule has 0 amide bonds. The first kappa shape index (κ1) is 19.0. The van der Waals surface area contributed by atoms with Crippen LogP contribution in [0.2, 0.25) is 0 Å². The lowest BCUT2D eigenvalue weighted by atomic mass is 9.86. The van der Waals surface area contributed by atoms with E-state index in [9.17, 15) is 0 Å². The Morgan fingerprint density at radius 3 is 2.62 bits per heavy atom. The standard InChI is InChI=1S/C21H34N4O/c1-20(2,3)24-14-13-23-19(22-4)25-17-15-21(11-7-8-12-21)26-18-10-6-5-9-16(17)18/h5-6,9-10,17,24H,7-8,11-15H2,1-4H3,(H2,22,23,25). The summed E-state index contributed by atoms with van der Waals surface area (Å²) >= 11 is 0. The fourth-order valence-corrected chi connectivity index (χ4v) is 4.05. The minimum Gasteiger partial charge on any atom is -0.487 e. The van der Waals surface area contributed by atoms with Crippen molar-refractivity contribution >= 4 is 5.96 Å². The maximum atomic E-state index is 6.45. The molecule has 26 heavy (non-hydrogen) atoms. The van der Waals surface area contributed by atoms with Crippen molar-refractivity contribution in [2.24, 2.45) is 4.99 Å². The van der Waals surface area contributed by atoms with Crippen molar-refractivity contribution in [1.29, 1.82) is 0 Å². The summed E-state index contributed by atoms with van der Waals surface area (Å²) in [6, 6.07) is 8.66. The topological polar surface area (TPSA) is 57.7 Å². The molecule has 5 heteroatoms. The number of rotatable bonds is 4. The van der Waals surface area contributed by atoms with E-state index in [-0.39, 0.29) is 17.2 Å². The smallest absolute Gasteiger partial charge is 0.191 e. The van der Waals surface area contributed by atoms with Gasteiger partial charge in [-0.05, 0) is 52.5 Å². The molecule has 0 saturated heterocycles. The van der Waals surface area contributed by atoms with E-state index in [0.717, 1.165) is 44.1 Å². The van der Waals surface area contributed by atoms with Crippen LogP contribution >= 0.6 is 0 Å². The normalized spacial score (nSPS) is 22.0. The van der Waals surface area contributed by atoms with Crippen LogP contribution in [0.3, 0.4) is 0 Å². The molecule has 1 saturated carbocycles. The minimum absolute atomic E-state index is 0.00133. The third-order valence-corrected chi connectivity index (χ3v) is 5.32. The maximum Gasteiger partial charge on any atom is 0.191 e. The third-order valence-electron chi connectivity index (χ3n) is 5.32. The molecule has 1 aliphatic carbocycles. The summed E-state index contributed by atoms with van der Waals surface area (Å²) in [7, 11) is 1.84. The summed E-state index contributed by atoms with van der Waals surface area (Å²) in [5.74, 6) is 1.89. The van der Waals surface area contributed by atoms with Gasteiger partial charge in [-0.1, -0.05) is 18.2 Å². The monoisotopic (exact) mass is 358 g/mol. The summed E-state index contributed by atoms with van der Waals surface area (Å²) in [4.78, 5) is 4.43. The first-order chi connectivity index (χ1) is 12.4. The second-order valence-electron chi connectivity index (χ2n) is 8.61. The first-order valence-electron chi connectivity index (χ1n) is 9.91. The third kappa shape index (κ3) is 4.70. The molecule has 3 N–H and O–H groups in total. The SMILES string of the molecule is CN=C(NCCNC(C)(C)C)NC1CC2(CCCC2)Oc2ccccc21. The second-order valence-corrected chi connectivity index (χ2v) is 8.61. The number of ether oxygens (including phenoxy) is 1. The van der Waals surface area contributed by atoms with Crippen LogP contribution in [0.4, 0.5) is 0 Å². The lowest BCUT2D eigenvalue weighted by molar-refractivity contribution is 0.0396. The highest BCUT2D eigenvalue weighted by atomic mass is 16.5. The quantitative estimate of drug-likeness (QED) is 0.439. The predicted molar refractivity (Wildman–Crippen MR) is 108 cm³/mol. The Kier molecular flexibility index (Phi) is 5.76. The van der Waals surface area contributed by atoms with Gasteiger partial charge in [-0.3, -0.25) is 4.99 Å². The Hall–Kier alpha value is -1.75. The molecule has 2 aliphatic rings. The van der Waals surface area contributed by atoms with Crippen LogP contribution in [0.5, 0.6) is 5.75 Å². The number of para-hydroxylation sites is 1. The maximum absolute atomic E-state index is 6.45.